The third-order valence-electron chi connectivity index (χ3n) is 4.12. The van der Waals surface area contributed by atoms with E-state index in [1.165, 1.54) is 41.0 Å². The lowest BCUT2D eigenvalue weighted by Crippen LogP contribution is -2.16. The number of rotatable bonds is 5. The number of aromatic nitrogens is 4. The van der Waals surface area contributed by atoms with Crippen LogP contribution in [0.2, 0.25) is 0 Å². The van der Waals surface area contributed by atoms with Gasteiger partial charge in [0.2, 0.25) is 0 Å². The molecule has 0 unspecified atom stereocenters. The average Bonchev–Trinajstić information content (AvgIpc) is 3.13. The van der Waals surface area contributed by atoms with Crippen LogP contribution in [0.3, 0.4) is 0 Å². The maximum Gasteiger partial charge on any atom is 0.263 e. The van der Waals surface area contributed by atoms with E-state index in [1.807, 2.05) is 6.07 Å². The molecule has 0 saturated carbocycles. The molecule has 29 heavy (non-hydrogen) atoms. The number of hydrogen-bond donors (Lipinski definition) is 1. The molecular weight excluding hydrogens is 414 g/mol. The van der Waals surface area contributed by atoms with E-state index in [1.54, 1.807) is 24.5 Å². The molecule has 4 aromatic rings. The van der Waals surface area contributed by atoms with Gasteiger partial charge in [0.05, 0.1) is 15.5 Å². The molecule has 0 aliphatic carbocycles. The first-order chi connectivity index (χ1) is 13.7. The normalized spacial score (nSPS) is 12.2. The molecule has 1 N–H and O–H groups in total. The lowest BCUT2D eigenvalue weighted by atomic mass is 10.2. The quantitative estimate of drug-likeness (QED) is 0.514. The number of sulfonamides is 1. The van der Waals surface area contributed by atoms with Gasteiger partial charge in [-0.05, 0) is 42.5 Å². The van der Waals surface area contributed by atoms with E-state index < -0.39 is 19.9 Å². The van der Waals surface area contributed by atoms with Gasteiger partial charge in [0.25, 0.3) is 10.0 Å². The van der Waals surface area contributed by atoms with Gasteiger partial charge in [0.15, 0.2) is 15.5 Å². The van der Waals surface area contributed by atoms with E-state index >= 15 is 0 Å². The number of hydrogen-bond acceptors (Lipinski definition) is 7. The summed E-state index contributed by atoms with van der Waals surface area (Å²) in [5, 5.41) is 4.42. The van der Waals surface area contributed by atoms with Crippen molar-refractivity contribution in [3.05, 3.63) is 67.1 Å². The SMILES string of the molecule is CS(=O)(=O)c1ccc(S(=O)(=O)Nc2ccnc3cc(-c4cccnc4)nn23)cc1. The van der Waals surface area contributed by atoms with Crippen molar-refractivity contribution in [2.24, 2.45) is 0 Å². The highest BCUT2D eigenvalue weighted by Crippen LogP contribution is 2.22. The summed E-state index contributed by atoms with van der Waals surface area (Å²) in [6.07, 6.45) is 5.82. The Morgan fingerprint density at radius 3 is 2.31 bits per heavy atom. The summed E-state index contributed by atoms with van der Waals surface area (Å²) < 4.78 is 52.5. The Kier molecular flexibility index (Phi) is 4.55. The fourth-order valence-corrected chi connectivity index (χ4v) is 4.36. The van der Waals surface area contributed by atoms with Crippen LogP contribution in [0, 0.1) is 0 Å². The highest BCUT2D eigenvalue weighted by atomic mass is 32.2. The zero-order chi connectivity index (χ0) is 20.6. The molecule has 0 aliphatic heterocycles. The van der Waals surface area contributed by atoms with Crippen molar-refractivity contribution < 1.29 is 16.8 Å². The van der Waals surface area contributed by atoms with Gasteiger partial charge < -0.3 is 0 Å². The second kappa shape index (κ2) is 6.94. The summed E-state index contributed by atoms with van der Waals surface area (Å²) in [5.41, 5.74) is 1.81. The van der Waals surface area contributed by atoms with E-state index in [0.29, 0.717) is 11.3 Å². The topological polar surface area (TPSA) is 123 Å². The number of nitrogens with zero attached hydrogens (tertiary/aromatic N) is 4. The van der Waals surface area contributed by atoms with E-state index in [2.05, 4.69) is 19.8 Å². The molecule has 0 bridgehead atoms. The largest absolute Gasteiger partial charge is 0.264 e. The van der Waals surface area contributed by atoms with E-state index in [4.69, 9.17) is 0 Å². The van der Waals surface area contributed by atoms with Crippen LogP contribution in [0.4, 0.5) is 5.82 Å². The molecule has 3 heterocycles. The molecule has 0 amide bonds. The maximum absolute atomic E-state index is 12.8. The van der Waals surface area contributed by atoms with Crippen LogP contribution in [-0.4, -0.2) is 42.7 Å². The molecule has 9 nitrogen and oxygen atoms in total. The first-order valence-electron chi connectivity index (χ1n) is 8.32. The summed E-state index contributed by atoms with van der Waals surface area (Å²) in [4.78, 5) is 8.22. The Hall–Kier alpha value is -3.31. The second-order valence-corrected chi connectivity index (χ2v) is 9.92. The van der Waals surface area contributed by atoms with Crippen molar-refractivity contribution in [3.63, 3.8) is 0 Å². The van der Waals surface area contributed by atoms with Crippen molar-refractivity contribution in [2.75, 3.05) is 11.0 Å². The second-order valence-electron chi connectivity index (χ2n) is 6.22. The van der Waals surface area contributed by atoms with Crippen LogP contribution in [0.1, 0.15) is 0 Å². The first kappa shape index (κ1) is 19.0. The van der Waals surface area contributed by atoms with Crippen molar-refractivity contribution in [1.82, 2.24) is 19.6 Å². The van der Waals surface area contributed by atoms with E-state index in [0.717, 1.165) is 11.8 Å². The van der Waals surface area contributed by atoms with Gasteiger partial charge in [0, 0.05) is 36.5 Å². The Balaban J connectivity index is 1.71. The van der Waals surface area contributed by atoms with Crippen LogP contribution in [0.25, 0.3) is 16.9 Å². The zero-order valence-electron chi connectivity index (χ0n) is 15.1. The standard InChI is InChI=1S/C18H15N5O4S2/c1-28(24,25)14-4-6-15(7-5-14)29(26,27)22-17-8-10-20-18-11-16(21-23(17)18)13-3-2-9-19-12-13/h2-12,22H,1H3. The number of fused-ring (bicyclic) bond motifs is 1. The number of nitrogens with one attached hydrogen (secondary N) is 1. The molecule has 0 fully saturated rings. The zero-order valence-corrected chi connectivity index (χ0v) is 16.7. The van der Waals surface area contributed by atoms with E-state index in [9.17, 15) is 16.8 Å². The Morgan fingerprint density at radius 1 is 0.931 bits per heavy atom. The van der Waals surface area contributed by atoms with Gasteiger partial charge in [0.1, 0.15) is 5.82 Å². The highest BCUT2D eigenvalue weighted by Gasteiger charge is 2.18. The van der Waals surface area contributed by atoms with Crippen LogP contribution in [0.15, 0.2) is 76.9 Å². The molecule has 1 aromatic carbocycles. The van der Waals surface area contributed by atoms with Gasteiger partial charge >= 0.3 is 0 Å². The maximum atomic E-state index is 12.8. The minimum absolute atomic E-state index is 0.0379. The Bertz CT molecular complexity index is 1400. The van der Waals surface area contributed by atoms with Gasteiger partial charge in [-0.2, -0.15) is 9.61 Å². The number of pyridine rings is 1. The molecule has 0 spiro atoms. The minimum atomic E-state index is -3.97. The molecule has 0 atom stereocenters. The monoisotopic (exact) mass is 429 g/mol. The van der Waals surface area contributed by atoms with Crippen molar-refractivity contribution in [2.45, 2.75) is 9.79 Å². The van der Waals surface area contributed by atoms with Crippen LogP contribution in [-0.2, 0) is 19.9 Å². The summed E-state index contributed by atoms with van der Waals surface area (Å²) in [5.74, 6) is 0.192. The fourth-order valence-electron chi connectivity index (χ4n) is 2.69. The van der Waals surface area contributed by atoms with Gasteiger partial charge in [-0.1, -0.05) is 0 Å². The van der Waals surface area contributed by atoms with Gasteiger partial charge in [-0.15, -0.1) is 0 Å². The molecule has 11 heteroatoms. The van der Waals surface area contributed by atoms with Crippen LogP contribution >= 0.6 is 0 Å². The Labute approximate surface area is 167 Å². The average molecular weight is 429 g/mol. The summed E-state index contributed by atoms with van der Waals surface area (Å²) in [7, 11) is -7.39. The summed E-state index contributed by atoms with van der Waals surface area (Å²) in [6.45, 7) is 0. The number of anilines is 1. The highest BCUT2D eigenvalue weighted by molar-refractivity contribution is 7.92. The lowest BCUT2D eigenvalue weighted by molar-refractivity contribution is 0.597. The van der Waals surface area contributed by atoms with Gasteiger partial charge in [-0.25, -0.2) is 21.8 Å². The molecule has 148 valence electrons. The molecule has 0 radical (unpaired) electrons. The van der Waals surface area contributed by atoms with Crippen molar-refractivity contribution in [1.29, 1.82) is 0 Å². The summed E-state index contributed by atoms with van der Waals surface area (Å²) in [6, 6.07) is 11.8. The third-order valence-corrected chi connectivity index (χ3v) is 6.62. The minimum Gasteiger partial charge on any atom is -0.264 e. The predicted molar refractivity (Wildman–Crippen MR) is 107 cm³/mol. The van der Waals surface area contributed by atoms with Crippen molar-refractivity contribution >= 4 is 31.3 Å². The first-order valence-corrected chi connectivity index (χ1v) is 11.7. The molecule has 0 aliphatic rings. The van der Waals surface area contributed by atoms with Crippen LogP contribution < -0.4 is 4.72 Å². The smallest absolute Gasteiger partial charge is 0.263 e. The third kappa shape index (κ3) is 3.82. The lowest BCUT2D eigenvalue weighted by Gasteiger charge is -2.09. The molecule has 3 aromatic heterocycles. The molecular formula is C18H15N5O4S2. The fraction of sp³-hybridized carbons (Fsp3) is 0.0556. The summed E-state index contributed by atoms with van der Waals surface area (Å²) >= 11 is 0. The Morgan fingerprint density at radius 2 is 1.66 bits per heavy atom. The molecule has 4 rings (SSSR count). The predicted octanol–water partition coefficient (Wildman–Crippen LogP) is 2.00. The number of benzene rings is 1. The van der Waals surface area contributed by atoms with Crippen LogP contribution in [0.5, 0.6) is 0 Å². The van der Waals surface area contributed by atoms with Crippen molar-refractivity contribution in [3.8, 4) is 11.3 Å². The van der Waals surface area contributed by atoms with E-state index in [-0.39, 0.29) is 15.6 Å². The molecule has 0 saturated heterocycles. The van der Waals surface area contributed by atoms with Gasteiger partial charge in [-0.3, -0.25) is 9.71 Å². The number of sulfone groups is 1.